The first-order chi connectivity index (χ1) is 22.6. The molecule has 3 aliphatic rings. The van der Waals surface area contributed by atoms with Crippen LogP contribution in [0.1, 0.15) is 49.3 Å². The lowest BCUT2D eigenvalue weighted by Gasteiger charge is -2.44. The predicted octanol–water partition coefficient (Wildman–Crippen LogP) is 6.11. The van der Waals surface area contributed by atoms with Crippen LogP contribution in [0.4, 0.5) is 13.2 Å². The van der Waals surface area contributed by atoms with Crippen LogP contribution in [-0.4, -0.2) is 67.1 Å². The van der Waals surface area contributed by atoms with E-state index in [-0.39, 0.29) is 36.9 Å². The quantitative estimate of drug-likeness (QED) is 0.184. The van der Waals surface area contributed by atoms with Gasteiger partial charge in [0.05, 0.1) is 18.4 Å². The number of sulfonamides is 1. The molecule has 7 nitrogen and oxygen atoms in total. The van der Waals surface area contributed by atoms with E-state index in [1.165, 1.54) is 4.31 Å². The molecule has 12 heteroatoms. The van der Waals surface area contributed by atoms with Crippen LogP contribution in [0.3, 0.4) is 0 Å². The maximum absolute atomic E-state index is 14.6. The van der Waals surface area contributed by atoms with Crippen molar-refractivity contribution < 1.29 is 31.1 Å². The summed E-state index contributed by atoms with van der Waals surface area (Å²) >= 11 is 6.50. The van der Waals surface area contributed by atoms with Crippen LogP contribution in [0, 0.1) is 17.5 Å². The van der Waals surface area contributed by atoms with Crippen molar-refractivity contribution in [3.8, 4) is 5.75 Å². The van der Waals surface area contributed by atoms with Gasteiger partial charge in [0.15, 0.2) is 17.4 Å². The number of hydrogen-bond donors (Lipinski definition) is 1. The smallest absolute Gasteiger partial charge is 0.252 e. The number of rotatable bonds is 12. The van der Waals surface area contributed by atoms with Crippen LogP contribution >= 0.6 is 11.6 Å². The molecule has 1 amide bonds. The van der Waals surface area contributed by atoms with Gasteiger partial charge in [-0.15, -0.1) is 0 Å². The van der Waals surface area contributed by atoms with Gasteiger partial charge < -0.3 is 15.0 Å². The summed E-state index contributed by atoms with van der Waals surface area (Å²) in [5.74, 6) is -4.32. The largest absolute Gasteiger partial charge is 0.488 e. The van der Waals surface area contributed by atoms with E-state index in [0.717, 1.165) is 41.2 Å². The Balaban J connectivity index is 1.25. The monoisotopic (exact) mass is 687 g/mol. The molecule has 2 fully saturated rings. The number of aryl methyl sites for hydroxylation is 1. The second-order valence-corrected chi connectivity index (χ2v) is 15.0. The summed E-state index contributed by atoms with van der Waals surface area (Å²) in [6.45, 7) is 2.49. The van der Waals surface area contributed by atoms with Crippen LogP contribution in [0.25, 0.3) is 5.57 Å². The maximum Gasteiger partial charge on any atom is 0.252 e. The molecule has 1 aliphatic carbocycles. The Morgan fingerprint density at radius 1 is 1.02 bits per heavy atom. The van der Waals surface area contributed by atoms with E-state index in [0.29, 0.717) is 49.0 Å². The summed E-state index contributed by atoms with van der Waals surface area (Å²) in [5.41, 5.74) is 4.17. The van der Waals surface area contributed by atoms with E-state index >= 15 is 0 Å². The molecule has 0 radical (unpaired) electrons. The Kier molecular flexibility index (Phi) is 9.98. The number of halogens is 4. The van der Waals surface area contributed by atoms with Gasteiger partial charge in [-0.3, -0.25) is 4.79 Å². The number of nitrogens with zero attached hydrogens (tertiary/aromatic N) is 2. The average molecular weight is 688 g/mol. The molecule has 2 aliphatic heterocycles. The minimum absolute atomic E-state index is 0.00250. The molecule has 0 spiro atoms. The Hall–Kier alpha value is -3.38. The summed E-state index contributed by atoms with van der Waals surface area (Å²) in [4.78, 5) is 16.4. The molecule has 1 saturated carbocycles. The number of benzene rings is 3. The first-order valence-electron chi connectivity index (χ1n) is 15.9. The molecule has 250 valence electrons. The molecular formula is C35H37ClF3N3O4S. The number of piperazine rings is 1. The second-order valence-electron chi connectivity index (χ2n) is 12.3. The van der Waals surface area contributed by atoms with E-state index in [1.54, 1.807) is 6.92 Å². The predicted molar refractivity (Wildman–Crippen MR) is 175 cm³/mol. The minimum atomic E-state index is -3.46. The third kappa shape index (κ3) is 7.38. The molecule has 47 heavy (non-hydrogen) atoms. The summed E-state index contributed by atoms with van der Waals surface area (Å²) in [6.07, 6.45) is 3.26. The highest BCUT2D eigenvalue weighted by atomic mass is 35.5. The highest BCUT2D eigenvalue weighted by molar-refractivity contribution is 7.89. The van der Waals surface area contributed by atoms with E-state index in [1.807, 2.05) is 53.4 Å². The summed E-state index contributed by atoms with van der Waals surface area (Å²) in [7, 11) is -3.46. The Morgan fingerprint density at radius 3 is 2.45 bits per heavy atom. The molecule has 0 aromatic heterocycles. The first kappa shape index (κ1) is 33.5. The van der Waals surface area contributed by atoms with Crippen molar-refractivity contribution in [1.82, 2.24) is 14.5 Å². The zero-order valence-electron chi connectivity index (χ0n) is 26.0. The van der Waals surface area contributed by atoms with E-state index in [4.69, 9.17) is 16.3 Å². The molecule has 3 aromatic carbocycles. The standard InChI is InChI=1S/C35H37ClF3N3O4S/c1-2-47(44,45)41-20-25-18-27(23-11-9-22(10-12-23)6-5-17-46-34-30(38)16-15-29(37)33(34)39)32(31(21-41)40-25)35(43)42(26-13-14-26)19-24-7-3-4-8-28(24)36/h3-4,7-12,15-16,25-26,31,40H,2,5-6,13-14,17-21H2,1H3/t25-,31-/m1/s1. The molecule has 1 N–H and O–H groups in total. The Morgan fingerprint density at radius 2 is 1.74 bits per heavy atom. The molecular weight excluding hydrogens is 651 g/mol. The average Bonchev–Trinajstić information content (AvgIpc) is 3.91. The van der Waals surface area contributed by atoms with Crippen LogP contribution in [-0.2, 0) is 27.8 Å². The van der Waals surface area contributed by atoms with Crippen molar-refractivity contribution in [3.05, 3.63) is 105 Å². The fraction of sp³-hybridized carbons (Fsp3) is 0.400. The Bertz CT molecular complexity index is 1780. The van der Waals surface area contributed by atoms with Crippen molar-refractivity contribution in [1.29, 1.82) is 0 Å². The summed E-state index contributed by atoms with van der Waals surface area (Å²) < 4.78 is 73.9. The molecule has 2 heterocycles. The van der Waals surface area contributed by atoms with E-state index < -0.39 is 39.3 Å². The zero-order chi connectivity index (χ0) is 33.3. The lowest BCUT2D eigenvalue weighted by Crippen LogP contribution is -2.62. The van der Waals surface area contributed by atoms with Crippen molar-refractivity contribution in [2.75, 3.05) is 25.4 Å². The number of amides is 1. The highest BCUT2D eigenvalue weighted by Gasteiger charge is 2.44. The first-order valence-corrected chi connectivity index (χ1v) is 17.9. The van der Waals surface area contributed by atoms with Crippen LogP contribution in [0.5, 0.6) is 5.75 Å². The zero-order valence-corrected chi connectivity index (χ0v) is 27.6. The van der Waals surface area contributed by atoms with E-state index in [9.17, 15) is 26.4 Å². The molecule has 1 saturated heterocycles. The van der Waals surface area contributed by atoms with Gasteiger partial charge in [0.1, 0.15) is 0 Å². The van der Waals surface area contributed by atoms with Crippen LogP contribution in [0.2, 0.25) is 5.02 Å². The number of hydrogen-bond acceptors (Lipinski definition) is 5. The van der Waals surface area contributed by atoms with Crippen molar-refractivity contribution in [2.45, 2.75) is 63.7 Å². The molecule has 2 bridgehead atoms. The molecule has 6 rings (SSSR count). The molecule has 2 atom stereocenters. The minimum Gasteiger partial charge on any atom is -0.488 e. The van der Waals surface area contributed by atoms with Gasteiger partial charge in [0, 0.05) is 42.3 Å². The number of carbonyl (C=O) groups is 1. The summed E-state index contributed by atoms with van der Waals surface area (Å²) in [6, 6.07) is 16.3. The van der Waals surface area contributed by atoms with Gasteiger partial charge >= 0.3 is 0 Å². The third-order valence-electron chi connectivity index (χ3n) is 9.07. The second kappa shape index (κ2) is 14.0. The fourth-order valence-corrected chi connectivity index (χ4v) is 7.77. The normalized spacial score (nSPS) is 19.9. The van der Waals surface area contributed by atoms with Gasteiger partial charge in [0.25, 0.3) is 5.91 Å². The number of ether oxygens (including phenoxy) is 1. The number of carbonyl (C=O) groups excluding carboxylic acids is 1. The van der Waals surface area contributed by atoms with Crippen LogP contribution < -0.4 is 10.1 Å². The van der Waals surface area contributed by atoms with Crippen molar-refractivity contribution in [2.24, 2.45) is 0 Å². The van der Waals surface area contributed by atoms with Gasteiger partial charge in [-0.2, -0.15) is 8.70 Å². The lowest BCUT2D eigenvalue weighted by molar-refractivity contribution is -0.128. The van der Waals surface area contributed by atoms with Gasteiger partial charge in [-0.1, -0.05) is 54.1 Å². The third-order valence-corrected chi connectivity index (χ3v) is 11.3. The molecule has 0 unspecified atom stereocenters. The molecule has 3 aromatic rings. The highest BCUT2D eigenvalue weighted by Crippen LogP contribution is 2.38. The van der Waals surface area contributed by atoms with E-state index in [2.05, 4.69) is 5.32 Å². The van der Waals surface area contributed by atoms with Gasteiger partial charge in [-0.05, 0) is 79.5 Å². The summed E-state index contributed by atoms with van der Waals surface area (Å²) in [5, 5.41) is 4.13. The fourth-order valence-electron chi connectivity index (χ4n) is 6.42. The van der Waals surface area contributed by atoms with Gasteiger partial charge in [0.2, 0.25) is 15.8 Å². The van der Waals surface area contributed by atoms with Crippen molar-refractivity contribution in [3.63, 3.8) is 0 Å². The maximum atomic E-state index is 14.6. The lowest BCUT2D eigenvalue weighted by atomic mass is 9.83. The number of fused-ring (bicyclic) bond motifs is 2. The SMILES string of the molecule is CCS(=O)(=O)N1C[C@H]2CC(c3ccc(CCCOc4c(F)ccc(F)c4F)cc3)=C(C(=O)N(Cc3ccccc3Cl)C3CC3)[C@@H](C1)N2. The Labute approximate surface area is 278 Å². The van der Waals surface area contributed by atoms with Gasteiger partial charge in [-0.25, -0.2) is 17.2 Å². The topological polar surface area (TPSA) is 79.0 Å². The van der Waals surface area contributed by atoms with Crippen molar-refractivity contribution >= 4 is 33.1 Å². The van der Waals surface area contributed by atoms with Crippen LogP contribution in [0.15, 0.2) is 66.2 Å². The number of nitrogens with one attached hydrogen (secondary N) is 1.